The molecule has 1 fully saturated rings. The van der Waals surface area contributed by atoms with Crippen LogP contribution in [0.25, 0.3) is 0 Å². The van der Waals surface area contributed by atoms with E-state index in [-0.39, 0.29) is 11.9 Å². The molecule has 146 valence electrons. The minimum Gasteiger partial charge on any atom is -0.494 e. The van der Waals surface area contributed by atoms with Gasteiger partial charge in [0, 0.05) is 18.5 Å². The van der Waals surface area contributed by atoms with E-state index in [9.17, 15) is 9.59 Å². The van der Waals surface area contributed by atoms with Gasteiger partial charge < -0.3 is 14.8 Å². The van der Waals surface area contributed by atoms with Crippen LogP contribution in [-0.2, 0) is 10.3 Å². The van der Waals surface area contributed by atoms with E-state index in [1.165, 1.54) is 16.0 Å². The van der Waals surface area contributed by atoms with Gasteiger partial charge in [-0.2, -0.15) is 0 Å². The molecule has 0 aromatic heterocycles. The van der Waals surface area contributed by atoms with Crippen LogP contribution in [0.3, 0.4) is 0 Å². The van der Waals surface area contributed by atoms with Crippen molar-refractivity contribution in [1.29, 1.82) is 0 Å². The number of fused-ring (bicyclic) bond motifs is 2. The zero-order valence-corrected chi connectivity index (χ0v) is 16.2. The first-order chi connectivity index (χ1) is 13.5. The molecule has 1 N–H and O–H groups in total. The third kappa shape index (κ3) is 3.09. The van der Waals surface area contributed by atoms with Crippen molar-refractivity contribution in [2.75, 3.05) is 19.8 Å². The number of benzene rings is 2. The van der Waals surface area contributed by atoms with Gasteiger partial charge in [0.15, 0.2) is 5.54 Å². The molecule has 6 nitrogen and oxygen atoms in total. The smallest absolute Gasteiger partial charge is 0.325 e. The van der Waals surface area contributed by atoms with Crippen molar-refractivity contribution in [3.05, 3.63) is 59.2 Å². The number of hydrogen-bond acceptors (Lipinski definition) is 4. The predicted molar refractivity (Wildman–Crippen MR) is 105 cm³/mol. The number of aryl methyl sites for hydroxylation is 2. The number of carbonyl (C=O) groups excluding carboxylic acids is 2. The predicted octanol–water partition coefficient (Wildman–Crippen LogP) is 3.30. The Kier molecular flexibility index (Phi) is 4.71. The normalized spacial score (nSPS) is 20.7. The van der Waals surface area contributed by atoms with E-state index in [0.29, 0.717) is 38.3 Å². The van der Waals surface area contributed by atoms with Crippen LogP contribution in [0.4, 0.5) is 4.79 Å². The molecular weight excluding hydrogens is 356 g/mol. The summed E-state index contributed by atoms with van der Waals surface area (Å²) in [5.41, 5.74) is 2.11. The number of rotatable bonds is 5. The van der Waals surface area contributed by atoms with Crippen molar-refractivity contribution in [2.24, 2.45) is 0 Å². The van der Waals surface area contributed by atoms with Gasteiger partial charge in [-0.05, 0) is 49.6 Å². The van der Waals surface area contributed by atoms with Crippen LogP contribution >= 0.6 is 0 Å². The summed E-state index contributed by atoms with van der Waals surface area (Å²) in [5, 5.41) is 2.91. The molecule has 1 atom stereocenters. The maximum Gasteiger partial charge on any atom is 0.325 e. The van der Waals surface area contributed by atoms with Crippen LogP contribution in [0.5, 0.6) is 11.5 Å². The van der Waals surface area contributed by atoms with Crippen LogP contribution in [-0.4, -0.2) is 36.6 Å². The molecule has 0 saturated carbocycles. The van der Waals surface area contributed by atoms with E-state index >= 15 is 0 Å². The van der Waals surface area contributed by atoms with Crippen LogP contribution in [0.15, 0.2) is 42.5 Å². The summed E-state index contributed by atoms with van der Waals surface area (Å²) >= 11 is 0. The fraction of sp³-hybridized carbons (Fsp3) is 0.364. The molecule has 6 heteroatoms. The maximum absolute atomic E-state index is 13.1. The zero-order chi connectivity index (χ0) is 19.7. The summed E-state index contributed by atoms with van der Waals surface area (Å²) in [4.78, 5) is 27.0. The molecule has 3 amide bonds. The molecule has 0 radical (unpaired) electrons. The van der Waals surface area contributed by atoms with Crippen molar-refractivity contribution < 1.29 is 19.1 Å². The quantitative estimate of drug-likeness (QED) is 0.638. The Morgan fingerprint density at radius 3 is 2.79 bits per heavy atom. The topological polar surface area (TPSA) is 67.9 Å². The van der Waals surface area contributed by atoms with Gasteiger partial charge in [-0.15, -0.1) is 0 Å². The number of ether oxygens (including phenoxy) is 2. The van der Waals surface area contributed by atoms with E-state index < -0.39 is 5.54 Å². The molecular formula is C22H24N2O4. The minimum atomic E-state index is -1.01. The summed E-state index contributed by atoms with van der Waals surface area (Å²) in [6, 6.07) is 13.0. The Bertz CT molecular complexity index is 927. The van der Waals surface area contributed by atoms with Crippen LogP contribution in [0.2, 0.25) is 0 Å². The van der Waals surface area contributed by atoms with Crippen molar-refractivity contribution in [3.8, 4) is 11.5 Å². The SMILES string of the molecule is Cc1ccc(OCCCN2C(=O)NC3(CCOc4ccccc43)C2=O)cc1C. The highest BCUT2D eigenvalue weighted by atomic mass is 16.5. The Hall–Kier alpha value is -3.02. The molecule has 1 saturated heterocycles. The van der Waals surface area contributed by atoms with E-state index in [1.807, 2.05) is 49.4 Å². The van der Waals surface area contributed by atoms with Crippen molar-refractivity contribution in [3.63, 3.8) is 0 Å². The highest BCUT2D eigenvalue weighted by Crippen LogP contribution is 2.40. The van der Waals surface area contributed by atoms with Gasteiger partial charge in [0.2, 0.25) is 0 Å². The number of nitrogens with zero attached hydrogens (tertiary/aromatic N) is 1. The Labute approximate surface area is 164 Å². The second-order valence-corrected chi connectivity index (χ2v) is 7.33. The average Bonchev–Trinajstić information content (AvgIpc) is 2.92. The summed E-state index contributed by atoms with van der Waals surface area (Å²) < 4.78 is 11.4. The van der Waals surface area contributed by atoms with Crippen molar-refractivity contribution in [2.45, 2.75) is 32.2 Å². The lowest BCUT2D eigenvalue weighted by molar-refractivity contribution is -0.132. The molecule has 2 aliphatic rings. The number of amides is 3. The number of carbonyl (C=O) groups is 2. The molecule has 2 aromatic carbocycles. The lowest BCUT2D eigenvalue weighted by Crippen LogP contribution is -2.47. The van der Waals surface area contributed by atoms with E-state index in [4.69, 9.17) is 9.47 Å². The number of urea groups is 1. The summed E-state index contributed by atoms with van der Waals surface area (Å²) in [5.74, 6) is 1.25. The Morgan fingerprint density at radius 1 is 1.14 bits per heavy atom. The van der Waals surface area contributed by atoms with Gasteiger partial charge in [-0.1, -0.05) is 24.3 Å². The number of nitrogens with one attached hydrogen (secondary N) is 1. The summed E-state index contributed by atoms with van der Waals surface area (Å²) in [6.07, 6.45) is 1.00. The van der Waals surface area contributed by atoms with Crippen LogP contribution < -0.4 is 14.8 Å². The maximum atomic E-state index is 13.1. The number of hydrogen-bond donors (Lipinski definition) is 1. The Balaban J connectivity index is 1.41. The van der Waals surface area contributed by atoms with Gasteiger partial charge in [-0.3, -0.25) is 9.69 Å². The lowest BCUT2D eigenvalue weighted by atomic mass is 9.84. The molecule has 2 aliphatic heterocycles. The molecule has 1 spiro atoms. The molecule has 1 unspecified atom stereocenters. The van der Waals surface area contributed by atoms with Crippen LogP contribution in [0.1, 0.15) is 29.5 Å². The van der Waals surface area contributed by atoms with Gasteiger partial charge in [0.05, 0.1) is 13.2 Å². The standard InChI is InChI=1S/C22H24N2O4/c1-15-8-9-17(14-16(15)2)27-12-5-11-24-20(25)22(23-21(24)26)10-13-28-19-7-4-3-6-18(19)22/h3-4,6-9,14H,5,10-13H2,1-2H3,(H,23,26). The molecule has 4 rings (SSSR count). The minimum absolute atomic E-state index is 0.209. The lowest BCUT2D eigenvalue weighted by Gasteiger charge is -2.33. The van der Waals surface area contributed by atoms with Gasteiger partial charge in [0.1, 0.15) is 11.5 Å². The van der Waals surface area contributed by atoms with Crippen LogP contribution in [0, 0.1) is 13.8 Å². The molecule has 0 aliphatic carbocycles. The monoisotopic (exact) mass is 380 g/mol. The first-order valence-electron chi connectivity index (χ1n) is 9.58. The second kappa shape index (κ2) is 7.19. The average molecular weight is 380 g/mol. The first kappa shape index (κ1) is 18.3. The fourth-order valence-electron chi connectivity index (χ4n) is 3.79. The zero-order valence-electron chi connectivity index (χ0n) is 16.2. The molecule has 0 bridgehead atoms. The fourth-order valence-corrected chi connectivity index (χ4v) is 3.79. The van der Waals surface area contributed by atoms with Crippen molar-refractivity contribution >= 4 is 11.9 Å². The highest BCUT2D eigenvalue weighted by Gasteiger charge is 2.54. The molecule has 2 aromatic rings. The number of para-hydroxylation sites is 1. The second-order valence-electron chi connectivity index (χ2n) is 7.33. The number of imide groups is 1. The Morgan fingerprint density at radius 2 is 1.96 bits per heavy atom. The first-order valence-corrected chi connectivity index (χ1v) is 9.58. The highest BCUT2D eigenvalue weighted by molar-refractivity contribution is 6.07. The van der Waals surface area contributed by atoms with Crippen molar-refractivity contribution in [1.82, 2.24) is 10.2 Å². The van der Waals surface area contributed by atoms with E-state index in [2.05, 4.69) is 12.2 Å². The van der Waals surface area contributed by atoms with Gasteiger partial charge in [-0.25, -0.2) is 4.79 Å². The van der Waals surface area contributed by atoms with Gasteiger partial charge in [0.25, 0.3) is 5.91 Å². The molecule has 2 heterocycles. The largest absolute Gasteiger partial charge is 0.494 e. The van der Waals surface area contributed by atoms with E-state index in [0.717, 1.165) is 11.3 Å². The summed E-state index contributed by atoms with van der Waals surface area (Å²) in [6.45, 7) is 5.25. The summed E-state index contributed by atoms with van der Waals surface area (Å²) in [7, 11) is 0. The van der Waals surface area contributed by atoms with Gasteiger partial charge >= 0.3 is 6.03 Å². The molecule has 28 heavy (non-hydrogen) atoms. The third-order valence-electron chi connectivity index (χ3n) is 5.53. The third-order valence-corrected chi connectivity index (χ3v) is 5.53. The van der Waals surface area contributed by atoms with E-state index in [1.54, 1.807) is 0 Å².